The van der Waals surface area contributed by atoms with Crippen molar-refractivity contribution in [3.8, 4) is 11.5 Å². The minimum absolute atomic E-state index is 0.219. The zero-order valence-corrected chi connectivity index (χ0v) is 15.1. The van der Waals surface area contributed by atoms with E-state index in [4.69, 9.17) is 20.9 Å². The summed E-state index contributed by atoms with van der Waals surface area (Å²) < 4.78 is 10.4. The molecule has 0 aliphatic rings. The molecule has 3 rings (SSSR count). The molecule has 0 fully saturated rings. The van der Waals surface area contributed by atoms with Gasteiger partial charge in [-0.2, -0.15) is 0 Å². The van der Waals surface area contributed by atoms with Crippen molar-refractivity contribution in [1.29, 1.82) is 0 Å². The Morgan fingerprint density at radius 3 is 1.31 bits per heavy atom. The van der Waals surface area contributed by atoms with Crippen LogP contribution in [-0.2, 0) is 0 Å². The first-order valence-electron chi connectivity index (χ1n) is 8.51. The van der Waals surface area contributed by atoms with Crippen LogP contribution in [-0.4, -0.2) is 14.2 Å². The quantitative estimate of drug-likeness (QED) is 0.711. The van der Waals surface area contributed by atoms with Crippen molar-refractivity contribution in [1.82, 2.24) is 0 Å². The molecule has 2 unspecified atom stereocenters. The monoisotopic (exact) mass is 348 g/mol. The summed E-state index contributed by atoms with van der Waals surface area (Å²) in [6.07, 6.45) is 0. The normalized spacial score (nSPS) is 13.1. The lowest BCUT2D eigenvalue weighted by Gasteiger charge is -2.17. The van der Waals surface area contributed by atoms with Gasteiger partial charge in [0.1, 0.15) is 11.5 Å². The van der Waals surface area contributed by atoms with E-state index in [9.17, 15) is 0 Å². The lowest BCUT2D eigenvalue weighted by Crippen LogP contribution is -2.15. The molecule has 0 aliphatic carbocycles. The molecular weight excluding hydrogens is 324 g/mol. The van der Waals surface area contributed by atoms with E-state index in [1.54, 1.807) is 14.2 Å². The number of ether oxygens (including phenoxy) is 2. The molecular formula is C22H24N2O2. The predicted molar refractivity (Wildman–Crippen MR) is 104 cm³/mol. The lowest BCUT2D eigenvalue weighted by molar-refractivity contribution is 0.414. The molecule has 0 aliphatic heterocycles. The van der Waals surface area contributed by atoms with Crippen molar-refractivity contribution < 1.29 is 9.47 Å². The third-order valence-electron chi connectivity index (χ3n) is 4.58. The van der Waals surface area contributed by atoms with Crippen LogP contribution in [0, 0.1) is 0 Å². The Morgan fingerprint density at radius 1 is 0.577 bits per heavy atom. The summed E-state index contributed by atoms with van der Waals surface area (Å²) in [5.74, 6) is 1.63. The molecule has 2 atom stereocenters. The van der Waals surface area contributed by atoms with Crippen LogP contribution >= 0.6 is 0 Å². The Kier molecular flexibility index (Phi) is 5.56. The van der Waals surface area contributed by atoms with E-state index in [2.05, 4.69) is 6.07 Å². The van der Waals surface area contributed by atoms with Crippen molar-refractivity contribution in [2.75, 3.05) is 14.2 Å². The van der Waals surface area contributed by atoms with Crippen LogP contribution in [0.25, 0.3) is 0 Å². The maximum atomic E-state index is 6.46. The number of hydrogen-bond donors (Lipinski definition) is 2. The molecule has 4 N–H and O–H groups in total. The number of methoxy groups -OCH3 is 2. The zero-order valence-electron chi connectivity index (χ0n) is 15.1. The molecule has 4 nitrogen and oxygen atoms in total. The first-order valence-corrected chi connectivity index (χ1v) is 8.51. The van der Waals surface area contributed by atoms with Gasteiger partial charge in [-0.1, -0.05) is 48.5 Å². The summed E-state index contributed by atoms with van der Waals surface area (Å²) in [5, 5.41) is 0. The van der Waals surface area contributed by atoms with Crippen molar-refractivity contribution in [2.24, 2.45) is 11.5 Å². The fourth-order valence-electron chi connectivity index (χ4n) is 2.95. The van der Waals surface area contributed by atoms with Crippen molar-refractivity contribution in [3.63, 3.8) is 0 Å². The fraction of sp³-hybridized carbons (Fsp3) is 0.182. The van der Waals surface area contributed by atoms with Gasteiger partial charge in [-0.15, -0.1) is 0 Å². The molecule has 4 heteroatoms. The summed E-state index contributed by atoms with van der Waals surface area (Å²) in [7, 11) is 3.30. The van der Waals surface area contributed by atoms with E-state index in [1.165, 1.54) is 0 Å². The lowest BCUT2D eigenvalue weighted by atomic mass is 9.93. The van der Waals surface area contributed by atoms with Crippen LogP contribution < -0.4 is 20.9 Å². The van der Waals surface area contributed by atoms with Gasteiger partial charge in [0.15, 0.2) is 0 Å². The fourth-order valence-corrected chi connectivity index (χ4v) is 2.95. The van der Waals surface area contributed by atoms with Crippen LogP contribution in [0.2, 0.25) is 0 Å². The van der Waals surface area contributed by atoms with Gasteiger partial charge < -0.3 is 20.9 Å². The highest BCUT2D eigenvalue weighted by molar-refractivity contribution is 5.40. The van der Waals surface area contributed by atoms with Crippen LogP contribution in [0.4, 0.5) is 0 Å². The predicted octanol–water partition coefficient (Wildman–Crippen LogP) is 3.80. The highest BCUT2D eigenvalue weighted by atomic mass is 16.5. The molecule has 26 heavy (non-hydrogen) atoms. The van der Waals surface area contributed by atoms with Gasteiger partial charge in [-0.05, 0) is 46.5 Å². The summed E-state index contributed by atoms with van der Waals surface area (Å²) in [5.41, 5.74) is 17.0. The van der Waals surface area contributed by atoms with Gasteiger partial charge in [0, 0.05) is 0 Å². The third kappa shape index (κ3) is 3.87. The van der Waals surface area contributed by atoms with E-state index >= 15 is 0 Å². The average molecular weight is 348 g/mol. The molecule has 134 valence electrons. The highest BCUT2D eigenvalue weighted by Gasteiger charge is 2.13. The molecule has 0 aromatic heterocycles. The van der Waals surface area contributed by atoms with E-state index in [1.807, 2.05) is 66.7 Å². The summed E-state index contributed by atoms with van der Waals surface area (Å²) in [6.45, 7) is 0. The molecule has 3 aromatic rings. The Balaban J connectivity index is 1.84. The molecule has 0 saturated heterocycles. The van der Waals surface area contributed by atoms with E-state index in [-0.39, 0.29) is 12.1 Å². The average Bonchev–Trinajstić information content (AvgIpc) is 2.73. The van der Waals surface area contributed by atoms with Crippen LogP contribution in [0.1, 0.15) is 34.3 Å². The molecule has 3 aromatic carbocycles. The third-order valence-corrected chi connectivity index (χ3v) is 4.58. The molecule has 0 bridgehead atoms. The second-order valence-electron chi connectivity index (χ2n) is 6.17. The van der Waals surface area contributed by atoms with Crippen LogP contribution in [0.5, 0.6) is 11.5 Å². The largest absolute Gasteiger partial charge is 0.497 e. The second kappa shape index (κ2) is 8.04. The Morgan fingerprint density at radius 2 is 0.962 bits per heavy atom. The maximum Gasteiger partial charge on any atom is 0.118 e. The standard InChI is InChI=1S/C22H24N2O2/c1-25-19-10-6-15(7-11-19)21(23)17-4-3-5-18(14-17)22(24)16-8-12-20(26-2)13-9-16/h3-14,21-22H,23-24H2,1-2H3. The minimum Gasteiger partial charge on any atom is -0.497 e. The van der Waals surface area contributed by atoms with Gasteiger partial charge in [0.05, 0.1) is 26.3 Å². The maximum absolute atomic E-state index is 6.46. The first kappa shape index (κ1) is 18.0. The van der Waals surface area contributed by atoms with Crippen LogP contribution in [0.3, 0.4) is 0 Å². The van der Waals surface area contributed by atoms with Crippen molar-refractivity contribution in [2.45, 2.75) is 12.1 Å². The Bertz CT molecular complexity index is 776. The minimum atomic E-state index is -0.219. The van der Waals surface area contributed by atoms with Gasteiger partial charge >= 0.3 is 0 Å². The number of rotatable bonds is 6. The Labute approximate surface area is 154 Å². The molecule has 0 radical (unpaired) electrons. The Hall–Kier alpha value is -2.82. The van der Waals surface area contributed by atoms with E-state index in [0.29, 0.717) is 0 Å². The zero-order chi connectivity index (χ0) is 18.5. The highest BCUT2D eigenvalue weighted by Crippen LogP contribution is 2.27. The second-order valence-corrected chi connectivity index (χ2v) is 6.17. The molecule has 0 heterocycles. The van der Waals surface area contributed by atoms with Crippen LogP contribution in [0.15, 0.2) is 72.8 Å². The van der Waals surface area contributed by atoms with Gasteiger partial charge in [-0.3, -0.25) is 0 Å². The van der Waals surface area contributed by atoms with Gasteiger partial charge in [0.25, 0.3) is 0 Å². The summed E-state index contributed by atoms with van der Waals surface area (Å²) in [6, 6.07) is 23.3. The van der Waals surface area contributed by atoms with E-state index < -0.39 is 0 Å². The summed E-state index contributed by atoms with van der Waals surface area (Å²) >= 11 is 0. The van der Waals surface area contributed by atoms with Gasteiger partial charge in [-0.25, -0.2) is 0 Å². The molecule has 0 saturated carbocycles. The first-order chi connectivity index (χ1) is 12.6. The number of benzene rings is 3. The molecule has 0 spiro atoms. The topological polar surface area (TPSA) is 70.5 Å². The van der Waals surface area contributed by atoms with Crippen molar-refractivity contribution >= 4 is 0 Å². The van der Waals surface area contributed by atoms with E-state index in [0.717, 1.165) is 33.8 Å². The molecule has 0 amide bonds. The smallest absolute Gasteiger partial charge is 0.118 e. The van der Waals surface area contributed by atoms with Gasteiger partial charge in [0.2, 0.25) is 0 Å². The SMILES string of the molecule is COc1ccc(C(N)c2cccc(C(N)c3ccc(OC)cc3)c2)cc1. The number of hydrogen-bond acceptors (Lipinski definition) is 4. The summed E-state index contributed by atoms with van der Waals surface area (Å²) in [4.78, 5) is 0. The number of nitrogens with two attached hydrogens (primary N) is 2. The van der Waals surface area contributed by atoms with Crippen molar-refractivity contribution in [3.05, 3.63) is 95.1 Å².